The van der Waals surface area contributed by atoms with Crippen molar-refractivity contribution in [2.75, 3.05) is 7.11 Å². The van der Waals surface area contributed by atoms with E-state index in [9.17, 15) is 5.11 Å². The maximum Gasteiger partial charge on any atom is 0.0880 e. The lowest BCUT2D eigenvalue weighted by molar-refractivity contribution is -0.0912. The van der Waals surface area contributed by atoms with Crippen molar-refractivity contribution in [3.8, 4) is 0 Å². The maximum atomic E-state index is 10.1. The molecule has 0 aliphatic carbocycles. The van der Waals surface area contributed by atoms with E-state index in [4.69, 9.17) is 4.74 Å². The third-order valence-corrected chi connectivity index (χ3v) is 2.74. The molecule has 0 fully saturated rings. The Bertz CT molecular complexity index is 149. The van der Waals surface area contributed by atoms with Gasteiger partial charge in [-0.05, 0) is 17.8 Å². The minimum absolute atomic E-state index is 0.00380. The summed E-state index contributed by atoms with van der Waals surface area (Å²) in [6, 6.07) is 0. The molecule has 2 nitrogen and oxygen atoms in total. The fourth-order valence-corrected chi connectivity index (χ4v) is 1.93. The molecule has 2 heteroatoms. The van der Waals surface area contributed by atoms with Gasteiger partial charge in [-0.25, -0.2) is 0 Å². The van der Waals surface area contributed by atoms with Crippen LogP contribution in [0.15, 0.2) is 0 Å². The van der Waals surface area contributed by atoms with E-state index in [1.807, 2.05) is 0 Å². The van der Waals surface area contributed by atoms with Crippen molar-refractivity contribution in [2.24, 2.45) is 11.3 Å². The molecule has 0 rings (SSSR count). The van der Waals surface area contributed by atoms with E-state index in [-0.39, 0.29) is 17.6 Å². The van der Waals surface area contributed by atoms with Crippen LogP contribution in [0.3, 0.4) is 0 Å². The van der Waals surface area contributed by atoms with Crippen molar-refractivity contribution in [1.82, 2.24) is 0 Å². The zero-order valence-corrected chi connectivity index (χ0v) is 10.5. The van der Waals surface area contributed by atoms with Gasteiger partial charge in [0.2, 0.25) is 0 Å². The number of hydrogen-bond donors (Lipinski definition) is 1. The summed E-state index contributed by atoms with van der Waals surface area (Å²) in [7, 11) is 1.68. The van der Waals surface area contributed by atoms with Gasteiger partial charge in [0.1, 0.15) is 0 Å². The minimum atomic E-state index is -0.361. The van der Waals surface area contributed by atoms with E-state index in [0.29, 0.717) is 5.92 Å². The summed E-state index contributed by atoms with van der Waals surface area (Å²) in [5.41, 5.74) is -0.00380. The Kier molecular flexibility index (Phi) is 5.68. The van der Waals surface area contributed by atoms with Gasteiger partial charge in [-0.2, -0.15) is 0 Å². The van der Waals surface area contributed by atoms with Crippen LogP contribution in [0, 0.1) is 11.3 Å². The minimum Gasteiger partial charge on any atom is -0.390 e. The molecule has 14 heavy (non-hydrogen) atoms. The Hall–Kier alpha value is -0.0800. The average molecular weight is 202 g/mol. The molecule has 0 aliphatic heterocycles. The normalized spacial score (nSPS) is 19.1. The molecule has 0 amide bonds. The zero-order chi connectivity index (χ0) is 11.4. The smallest absolute Gasteiger partial charge is 0.0880 e. The highest BCUT2D eigenvalue weighted by molar-refractivity contribution is 4.83. The van der Waals surface area contributed by atoms with Crippen molar-refractivity contribution < 1.29 is 9.84 Å². The maximum absolute atomic E-state index is 10.1. The summed E-state index contributed by atoms with van der Waals surface area (Å²) in [5.74, 6) is 0.309. The van der Waals surface area contributed by atoms with Crippen molar-refractivity contribution in [3.05, 3.63) is 0 Å². The van der Waals surface area contributed by atoms with Crippen molar-refractivity contribution in [1.29, 1.82) is 0 Å². The fourth-order valence-electron chi connectivity index (χ4n) is 1.93. The molecule has 1 N–H and O–H groups in total. The van der Waals surface area contributed by atoms with E-state index < -0.39 is 0 Å². The van der Waals surface area contributed by atoms with E-state index in [1.165, 1.54) is 0 Å². The lowest BCUT2D eigenvalue weighted by Gasteiger charge is -2.35. The molecule has 86 valence electrons. The summed E-state index contributed by atoms with van der Waals surface area (Å²) >= 11 is 0. The van der Waals surface area contributed by atoms with Crippen LogP contribution >= 0.6 is 0 Å². The van der Waals surface area contributed by atoms with Crippen LogP contribution in [0.2, 0.25) is 0 Å². The highest BCUT2D eigenvalue weighted by Crippen LogP contribution is 2.28. The lowest BCUT2D eigenvalue weighted by Crippen LogP contribution is -2.42. The molecule has 0 spiro atoms. The summed E-state index contributed by atoms with van der Waals surface area (Å²) in [5, 5.41) is 10.1. The van der Waals surface area contributed by atoms with Gasteiger partial charge in [0.05, 0.1) is 12.2 Å². The van der Waals surface area contributed by atoms with E-state index in [0.717, 1.165) is 12.8 Å². The van der Waals surface area contributed by atoms with Gasteiger partial charge < -0.3 is 9.84 Å². The molecule has 0 saturated carbocycles. The standard InChI is InChI=1S/C12H26O2/c1-7-8-9(2)10(13)11(14-6)12(3,4)5/h9-11,13H,7-8H2,1-6H3. The summed E-state index contributed by atoms with van der Waals surface area (Å²) in [6.07, 6.45) is 1.72. The topological polar surface area (TPSA) is 29.5 Å². The Balaban J connectivity index is 4.38. The van der Waals surface area contributed by atoms with Crippen LogP contribution in [-0.4, -0.2) is 24.4 Å². The van der Waals surface area contributed by atoms with Crippen LogP contribution in [-0.2, 0) is 4.74 Å². The van der Waals surface area contributed by atoms with Gasteiger partial charge in [0.25, 0.3) is 0 Å². The summed E-state index contributed by atoms with van der Waals surface area (Å²) in [4.78, 5) is 0. The Labute approximate surface area is 88.7 Å². The second-order valence-corrected chi connectivity index (χ2v) is 5.28. The molecule has 0 aromatic heterocycles. The molecule has 3 unspecified atom stereocenters. The molecule has 0 aromatic carbocycles. The van der Waals surface area contributed by atoms with Crippen LogP contribution in [0.25, 0.3) is 0 Å². The van der Waals surface area contributed by atoms with Gasteiger partial charge in [-0.1, -0.05) is 41.0 Å². The number of aliphatic hydroxyl groups excluding tert-OH is 1. The molecule has 0 radical (unpaired) electrons. The van der Waals surface area contributed by atoms with Gasteiger partial charge in [-0.3, -0.25) is 0 Å². The first-order valence-corrected chi connectivity index (χ1v) is 5.55. The van der Waals surface area contributed by atoms with E-state index in [1.54, 1.807) is 7.11 Å². The predicted octanol–water partition coefficient (Wildman–Crippen LogP) is 2.84. The van der Waals surface area contributed by atoms with Gasteiger partial charge >= 0.3 is 0 Å². The number of aliphatic hydroxyl groups is 1. The highest BCUT2D eigenvalue weighted by atomic mass is 16.5. The highest BCUT2D eigenvalue weighted by Gasteiger charge is 2.33. The summed E-state index contributed by atoms with van der Waals surface area (Å²) < 4.78 is 5.39. The first kappa shape index (κ1) is 13.9. The molecule has 0 saturated heterocycles. The number of ether oxygens (including phenoxy) is 1. The Morgan fingerprint density at radius 2 is 1.79 bits per heavy atom. The predicted molar refractivity (Wildman–Crippen MR) is 60.3 cm³/mol. The second-order valence-electron chi connectivity index (χ2n) is 5.28. The fraction of sp³-hybridized carbons (Fsp3) is 1.00. The Morgan fingerprint density at radius 3 is 2.07 bits per heavy atom. The van der Waals surface area contributed by atoms with Gasteiger partial charge in [0.15, 0.2) is 0 Å². The Morgan fingerprint density at radius 1 is 1.29 bits per heavy atom. The number of hydrogen-bond acceptors (Lipinski definition) is 2. The zero-order valence-electron chi connectivity index (χ0n) is 10.5. The molecule has 3 atom stereocenters. The van der Waals surface area contributed by atoms with Gasteiger partial charge in [0, 0.05) is 7.11 Å². The van der Waals surface area contributed by atoms with Crippen molar-refractivity contribution in [3.63, 3.8) is 0 Å². The second kappa shape index (κ2) is 5.72. The average Bonchev–Trinajstić information content (AvgIpc) is 2.03. The SMILES string of the molecule is CCCC(C)C(O)C(OC)C(C)(C)C. The molecule has 0 aromatic rings. The largest absolute Gasteiger partial charge is 0.390 e. The monoisotopic (exact) mass is 202 g/mol. The third kappa shape index (κ3) is 3.97. The molecule has 0 heterocycles. The van der Waals surface area contributed by atoms with E-state index in [2.05, 4.69) is 34.6 Å². The first-order chi connectivity index (χ1) is 6.34. The molecule has 0 aliphatic rings. The van der Waals surface area contributed by atoms with Crippen molar-refractivity contribution >= 4 is 0 Å². The number of rotatable bonds is 5. The number of methoxy groups -OCH3 is 1. The summed E-state index contributed by atoms with van der Waals surface area (Å²) in [6.45, 7) is 10.5. The molecular weight excluding hydrogens is 176 g/mol. The van der Waals surface area contributed by atoms with Crippen LogP contribution < -0.4 is 0 Å². The molecular formula is C12H26O2. The molecule has 0 bridgehead atoms. The van der Waals surface area contributed by atoms with Crippen LogP contribution in [0.5, 0.6) is 0 Å². The van der Waals surface area contributed by atoms with E-state index >= 15 is 0 Å². The quantitative estimate of drug-likeness (QED) is 0.743. The first-order valence-electron chi connectivity index (χ1n) is 5.55. The van der Waals surface area contributed by atoms with Crippen LogP contribution in [0.4, 0.5) is 0 Å². The van der Waals surface area contributed by atoms with Crippen molar-refractivity contribution in [2.45, 2.75) is 59.7 Å². The third-order valence-electron chi connectivity index (χ3n) is 2.74. The van der Waals surface area contributed by atoms with Crippen LogP contribution in [0.1, 0.15) is 47.5 Å². The van der Waals surface area contributed by atoms with Gasteiger partial charge in [-0.15, -0.1) is 0 Å². The lowest BCUT2D eigenvalue weighted by atomic mass is 9.81.